The maximum atomic E-state index is 11.2. The van der Waals surface area contributed by atoms with Crippen LogP contribution in [0, 0.1) is 11.3 Å². The first kappa shape index (κ1) is 11.3. The van der Waals surface area contributed by atoms with Crippen molar-refractivity contribution in [2.45, 2.75) is 45.4 Å². The second kappa shape index (κ2) is 4.63. The summed E-state index contributed by atoms with van der Waals surface area (Å²) in [5, 5.41) is 11.2. The zero-order valence-corrected chi connectivity index (χ0v) is 8.92. The minimum absolute atomic E-state index is 0.277. The van der Waals surface area contributed by atoms with Gasteiger partial charge in [0, 0.05) is 11.4 Å². The van der Waals surface area contributed by atoms with Crippen LogP contribution in [0.15, 0.2) is 12.7 Å². The molecule has 0 aromatic heterocycles. The van der Waals surface area contributed by atoms with Crippen molar-refractivity contribution in [3.8, 4) is 0 Å². The van der Waals surface area contributed by atoms with E-state index in [4.69, 9.17) is 0 Å². The molecule has 0 bridgehead atoms. The van der Waals surface area contributed by atoms with Crippen molar-refractivity contribution in [2.24, 2.45) is 11.3 Å². The van der Waals surface area contributed by atoms with Crippen LogP contribution >= 0.6 is 0 Å². The molecule has 0 spiro atoms. The van der Waals surface area contributed by atoms with Gasteiger partial charge in [-0.1, -0.05) is 32.3 Å². The molecule has 14 heavy (non-hydrogen) atoms. The van der Waals surface area contributed by atoms with E-state index in [2.05, 4.69) is 6.58 Å². The summed E-state index contributed by atoms with van der Waals surface area (Å²) in [6, 6.07) is 0. The largest absolute Gasteiger partial charge is 0.550 e. The van der Waals surface area contributed by atoms with E-state index in [9.17, 15) is 9.90 Å². The minimum Gasteiger partial charge on any atom is -0.550 e. The van der Waals surface area contributed by atoms with Gasteiger partial charge in [-0.3, -0.25) is 0 Å². The lowest BCUT2D eigenvalue weighted by Crippen LogP contribution is -2.45. The average Bonchev–Trinajstić information content (AvgIpc) is 2.19. The molecule has 0 N–H and O–H groups in total. The summed E-state index contributed by atoms with van der Waals surface area (Å²) in [6.07, 6.45) is 7.84. The second-order valence-corrected chi connectivity index (χ2v) is 4.53. The van der Waals surface area contributed by atoms with Gasteiger partial charge in [-0.05, 0) is 25.2 Å². The molecule has 0 saturated heterocycles. The molecular weight excluding hydrogens is 176 g/mol. The first-order chi connectivity index (χ1) is 6.61. The second-order valence-electron chi connectivity index (χ2n) is 4.53. The normalized spacial score (nSPS) is 22.6. The standard InChI is InChI=1S/C12H20O2/c1-3-9-12(2,11(13)14)10-7-5-4-6-8-10/h3,10H,1,4-9H2,2H3,(H,13,14)/p-1. The minimum atomic E-state index is -0.913. The van der Waals surface area contributed by atoms with Gasteiger partial charge in [0.25, 0.3) is 0 Å². The maximum absolute atomic E-state index is 11.2. The fraction of sp³-hybridized carbons (Fsp3) is 0.750. The van der Waals surface area contributed by atoms with Gasteiger partial charge in [-0.2, -0.15) is 0 Å². The topological polar surface area (TPSA) is 40.1 Å². The predicted molar refractivity (Wildman–Crippen MR) is 54.5 cm³/mol. The van der Waals surface area contributed by atoms with Crippen molar-refractivity contribution in [3.05, 3.63) is 12.7 Å². The zero-order valence-electron chi connectivity index (χ0n) is 8.92. The Kier molecular flexibility index (Phi) is 3.73. The van der Waals surface area contributed by atoms with E-state index in [-0.39, 0.29) is 5.92 Å². The molecule has 0 aliphatic heterocycles. The van der Waals surface area contributed by atoms with Crippen molar-refractivity contribution in [2.75, 3.05) is 0 Å². The van der Waals surface area contributed by atoms with E-state index in [0.29, 0.717) is 6.42 Å². The average molecular weight is 195 g/mol. The van der Waals surface area contributed by atoms with Crippen molar-refractivity contribution in [1.82, 2.24) is 0 Å². The van der Waals surface area contributed by atoms with Crippen molar-refractivity contribution >= 4 is 5.97 Å². The number of hydrogen-bond acceptors (Lipinski definition) is 2. The monoisotopic (exact) mass is 195 g/mol. The summed E-state index contributed by atoms with van der Waals surface area (Å²) in [7, 11) is 0. The predicted octanol–water partition coefficient (Wildman–Crippen LogP) is 1.90. The molecule has 1 aliphatic rings. The van der Waals surface area contributed by atoms with Crippen LogP contribution in [0.25, 0.3) is 0 Å². The highest BCUT2D eigenvalue weighted by atomic mass is 16.4. The maximum Gasteiger partial charge on any atom is 0.0479 e. The SMILES string of the molecule is C=CCC(C)(C(=O)[O-])C1CCCCC1. The molecule has 0 amide bonds. The number of carbonyl (C=O) groups is 1. The Balaban J connectivity index is 2.74. The van der Waals surface area contributed by atoms with E-state index >= 15 is 0 Å². The third-order valence-corrected chi connectivity index (χ3v) is 3.54. The fourth-order valence-corrected chi connectivity index (χ4v) is 2.46. The number of carboxylic acid groups (broad SMARTS) is 1. The third kappa shape index (κ3) is 2.17. The van der Waals surface area contributed by atoms with Gasteiger partial charge in [0.15, 0.2) is 0 Å². The van der Waals surface area contributed by atoms with Crippen LogP contribution in [0.1, 0.15) is 45.4 Å². The van der Waals surface area contributed by atoms with Crippen LogP contribution in [-0.2, 0) is 4.79 Å². The number of rotatable bonds is 4. The number of carboxylic acids is 1. The lowest BCUT2D eigenvalue weighted by Gasteiger charge is -2.40. The smallest absolute Gasteiger partial charge is 0.0479 e. The molecule has 0 heterocycles. The van der Waals surface area contributed by atoms with Crippen molar-refractivity contribution in [1.29, 1.82) is 0 Å². The Labute approximate surface area is 86.0 Å². The fourth-order valence-electron chi connectivity index (χ4n) is 2.46. The molecule has 2 heteroatoms. The van der Waals surface area contributed by atoms with Crippen LogP contribution < -0.4 is 5.11 Å². The molecule has 1 atom stereocenters. The highest BCUT2D eigenvalue weighted by Gasteiger charge is 2.34. The summed E-state index contributed by atoms with van der Waals surface area (Å²) in [5.41, 5.74) is -0.692. The lowest BCUT2D eigenvalue weighted by atomic mass is 9.68. The Morgan fingerprint density at radius 2 is 2.07 bits per heavy atom. The zero-order chi connectivity index (χ0) is 10.6. The first-order valence-corrected chi connectivity index (χ1v) is 5.43. The highest BCUT2D eigenvalue weighted by Crippen LogP contribution is 2.40. The van der Waals surface area contributed by atoms with E-state index in [1.165, 1.54) is 6.42 Å². The van der Waals surface area contributed by atoms with E-state index in [1.54, 1.807) is 13.0 Å². The van der Waals surface area contributed by atoms with Crippen molar-refractivity contribution in [3.63, 3.8) is 0 Å². The van der Waals surface area contributed by atoms with Crippen LogP contribution in [0.4, 0.5) is 0 Å². The summed E-state index contributed by atoms with van der Waals surface area (Å²) in [6.45, 7) is 5.44. The number of hydrogen-bond donors (Lipinski definition) is 0. The van der Waals surface area contributed by atoms with Crippen LogP contribution in [0.5, 0.6) is 0 Å². The van der Waals surface area contributed by atoms with Crippen molar-refractivity contribution < 1.29 is 9.90 Å². The van der Waals surface area contributed by atoms with Crippen LogP contribution in [0.3, 0.4) is 0 Å². The molecule has 1 unspecified atom stereocenters. The van der Waals surface area contributed by atoms with E-state index in [1.807, 2.05) is 0 Å². The summed E-state index contributed by atoms with van der Waals surface area (Å²) in [5.74, 6) is -0.636. The number of aliphatic carboxylic acids is 1. The van der Waals surface area contributed by atoms with Gasteiger partial charge < -0.3 is 9.90 Å². The van der Waals surface area contributed by atoms with Gasteiger partial charge >= 0.3 is 0 Å². The van der Waals surface area contributed by atoms with Gasteiger partial charge in [0.05, 0.1) is 0 Å². The molecule has 1 saturated carbocycles. The third-order valence-electron chi connectivity index (χ3n) is 3.54. The summed E-state index contributed by atoms with van der Waals surface area (Å²) >= 11 is 0. The number of allylic oxidation sites excluding steroid dienone is 1. The van der Waals surface area contributed by atoms with Gasteiger partial charge in [0.2, 0.25) is 0 Å². The van der Waals surface area contributed by atoms with Gasteiger partial charge in [0.1, 0.15) is 0 Å². The van der Waals surface area contributed by atoms with E-state index < -0.39 is 11.4 Å². The van der Waals surface area contributed by atoms with Crippen LogP contribution in [-0.4, -0.2) is 5.97 Å². The molecule has 1 aliphatic carbocycles. The summed E-state index contributed by atoms with van der Waals surface area (Å²) in [4.78, 5) is 11.2. The van der Waals surface area contributed by atoms with E-state index in [0.717, 1.165) is 25.7 Å². The highest BCUT2D eigenvalue weighted by molar-refractivity contribution is 5.72. The molecule has 1 fully saturated rings. The number of carbonyl (C=O) groups excluding carboxylic acids is 1. The molecule has 0 aromatic rings. The molecule has 0 radical (unpaired) electrons. The Bertz CT molecular complexity index is 216. The Hall–Kier alpha value is -0.790. The molecular formula is C12H19O2-. The first-order valence-electron chi connectivity index (χ1n) is 5.43. The molecule has 0 aromatic carbocycles. The van der Waals surface area contributed by atoms with Crippen LogP contribution in [0.2, 0.25) is 0 Å². The lowest BCUT2D eigenvalue weighted by molar-refractivity contribution is -0.321. The van der Waals surface area contributed by atoms with Gasteiger partial charge in [-0.25, -0.2) is 0 Å². The quantitative estimate of drug-likeness (QED) is 0.643. The molecule has 1 rings (SSSR count). The summed E-state index contributed by atoms with van der Waals surface area (Å²) < 4.78 is 0. The Morgan fingerprint density at radius 3 is 2.50 bits per heavy atom. The molecule has 2 nitrogen and oxygen atoms in total. The molecule has 80 valence electrons. The van der Waals surface area contributed by atoms with Gasteiger partial charge in [-0.15, -0.1) is 6.58 Å². The Morgan fingerprint density at radius 1 is 1.50 bits per heavy atom.